The normalized spacial score (nSPS) is 11.8. The van der Waals surface area contributed by atoms with Gasteiger partial charge in [0.25, 0.3) is 0 Å². The van der Waals surface area contributed by atoms with Crippen LogP contribution >= 0.6 is 11.3 Å². The van der Waals surface area contributed by atoms with Gasteiger partial charge in [0.1, 0.15) is 0 Å². The summed E-state index contributed by atoms with van der Waals surface area (Å²) in [6.07, 6.45) is 1.83. The van der Waals surface area contributed by atoms with E-state index in [2.05, 4.69) is 108 Å². The fourth-order valence-corrected chi connectivity index (χ4v) is 6.54. The monoisotopic (exact) mass is 489 g/mol. The smallest absolute Gasteiger partial charge is 0.0972 e. The van der Waals surface area contributed by atoms with Crippen LogP contribution in [0.5, 0.6) is 0 Å². The number of pyridine rings is 3. The predicted molar refractivity (Wildman–Crippen MR) is 156 cm³/mol. The second-order valence-electron chi connectivity index (χ2n) is 9.27. The molecule has 3 nitrogen and oxygen atoms in total. The number of hydrogen-bond acceptors (Lipinski definition) is 4. The summed E-state index contributed by atoms with van der Waals surface area (Å²) < 4.78 is 2.58. The van der Waals surface area contributed by atoms with Crippen molar-refractivity contribution < 1.29 is 0 Å². The van der Waals surface area contributed by atoms with Crippen molar-refractivity contribution in [1.82, 2.24) is 15.0 Å². The van der Waals surface area contributed by atoms with Gasteiger partial charge in [0.15, 0.2) is 0 Å². The fraction of sp³-hybridized carbons (Fsp3) is 0. The van der Waals surface area contributed by atoms with Crippen LogP contribution in [0, 0.1) is 0 Å². The summed E-state index contributed by atoms with van der Waals surface area (Å²) in [5.74, 6) is 0. The molecule has 4 aromatic heterocycles. The molecule has 4 heteroatoms. The maximum atomic E-state index is 5.16. The number of rotatable bonds is 2. The zero-order chi connectivity index (χ0) is 24.3. The lowest BCUT2D eigenvalue weighted by atomic mass is 10.0. The van der Waals surface area contributed by atoms with Crippen LogP contribution in [0.4, 0.5) is 0 Å². The molecule has 8 rings (SSSR count). The van der Waals surface area contributed by atoms with Crippen molar-refractivity contribution in [3.63, 3.8) is 0 Å². The maximum absolute atomic E-state index is 5.16. The molecule has 0 aliphatic rings. The van der Waals surface area contributed by atoms with Gasteiger partial charge in [0, 0.05) is 53.7 Å². The van der Waals surface area contributed by atoms with Gasteiger partial charge >= 0.3 is 0 Å². The van der Waals surface area contributed by atoms with E-state index in [1.54, 1.807) is 0 Å². The molecule has 0 atom stereocenters. The van der Waals surface area contributed by atoms with Gasteiger partial charge in [-0.3, -0.25) is 4.98 Å². The average Bonchev–Trinajstić information content (AvgIpc) is 3.37. The van der Waals surface area contributed by atoms with E-state index in [1.165, 1.54) is 25.6 Å². The molecule has 37 heavy (non-hydrogen) atoms. The minimum atomic E-state index is 0.933. The highest BCUT2D eigenvalue weighted by atomic mass is 32.1. The summed E-state index contributed by atoms with van der Waals surface area (Å²) in [7, 11) is 0. The molecule has 0 bridgehead atoms. The van der Waals surface area contributed by atoms with E-state index < -0.39 is 0 Å². The third-order valence-corrected chi connectivity index (χ3v) is 8.30. The Morgan fingerprint density at radius 3 is 2.16 bits per heavy atom. The number of aromatic nitrogens is 3. The molecule has 0 spiro atoms. The van der Waals surface area contributed by atoms with E-state index in [1.807, 2.05) is 23.6 Å². The Hall–Kier alpha value is -4.67. The molecular weight excluding hydrogens is 470 g/mol. The molecule has 0 amide bonds. The lowest BCUT2D eigenvalue weighted by Gasteiger charge is -2.09. The molecule has 0 saturated heterocycles. The van der Waals surface area contributed by atoms with Crippen molar-refractivity contribution in [2.75, 3.05) is 0 Å². The number of nitrogens with zero attached hydrogens (tertiary/aromatic N) is 3. The summed E-state index contributed by atoms with van der Waals surface area (Å²) in [4.78, 5) is 14.8. The molecule has 0 N–H and O–H groups in total. The van der Waals surface area contributed by atoms with Gasteiger partial charge in [-0.05, 0) is 24.3 Å². The molecular formula is C33H19N3S. The number of thiophene rings is 1. The van der Waals surface area contributed by atoms with Crippen LogP contribution in [0.3, 0.4) is 0 Å². The van der Waals surface area contributed by atoms with Gasteiger partial charge in [-0.2, -0.15) is 0 Å². The first-order valence-corrected chi connectivity index (χ1v) is 13.1. The van der Waals surface area contributed by atoms with Gasteiger partial charge < -0.3 is 0 Å². The van der Waals surface area contributed by atoms with E-state index in [9.17, 15) is 0 Å². The lowest BCUT2D eigenvalue weighted by Crippen LogP contribution is -1.90. The van der Waals surface area contributed by atoms with E-state index in [0.29, 0.717) is 0 Å². The van der Waals surface area contributed by atoms with E-state index in [4.69, 9.17) is 9.97 Å². The first kappa shape index (κ1) is 20.5. The van der Waals surface area contributed by atoms with Gasteiger partial charge in [-0.25, -0.2) is 9.97 Å². The van der Waals surface area contributed by atoms with Crippen molar-refractivity contribution in [3.8, 4) is 22.5 Å². The summed E-state index contributed by atoms with van der Waals surface area (Å²) in [5.41, 5.74) is 7.04. The Morgan fingerprint density at radius 2 is 1.27 bits per heavy atom. The Morgan fingerprint density at radius 1 is 0.541 bits per heavy atom. The Labute approximate surface area is 216 Å². The molecule has 4 heterocycles. The summed E-state index contributed by atoms with van der Waals surface area (Å²) in [5, 5.41) is 5.90. The van der Waals surface area contributed by atoms with Gasteiger partial charge in [-0.15, -0.1) is 11.3 Å². The SMILES string of the molecule is c1cnc2c(c1)ccc1ccc(-c3ccc(-c4nc5ccccc5c5sc6ccccc6c45)cc3)nc12. The summed E-state index contributed by atoms with van der Waals surface area (Å²) in [6.45, 7) is 0. The average molecular weight is 490 g/mol. The van der Waals surface area contributed by atoms with E-state index in [-0.39, 0.29) is 0 Å². The Kier molecular flexibility index (Phi) is 4.39. The van der Waals surface area contributed by atoms with Crippen LogP contribution < -0.4 is 0 Å². The van der Waals surface area contributed by atoms with Gasteiger partial charge in [0.05, 0.1) is 27.9 Å². The number of benzene rings is 4. The van der Waals surface area contributed by atoms with Crippen molar-refractivity contribution >= 4 is 64.2 Å². The molecule has 8 aromatic rings. The van der Waals surface area contributed by atoms with Crippen LogP contribution in [-0.2, 0) is 0 Å². The lowest BCUT2D eigenvalue weighted by molar-refractivity contribution is 1.37. The van der Waals surface area contributed by atoms with Crippen LogP contribution in [0.25, 0.3) is 75.4 Å². The first-order chi connectivity index (χ1) is 18.3. The number of hydrogen-bond donors (Lipinski definition) is 0. The Balaban J connectivity index is 1.31. The summed E-state index contributed by atoms with van der Waals surface area (Å²) >= 11 is 1.85. The quantitative estimate of drug-likeness (QED) is 0.227. The zero-order valence-electron chi connectivity index (χ0n) is 19.7. The third kappa shape index (κ3) is 3.16. The van der Waals surface area contributed by atoms with Crippen LogP contribution in [-0.4, -0.2) is 15.0 Å². The standard InChI is InChI=1S/C33H19N3S/c1-3-9-27-24(7-1)33-29(25-8-2-4-10-28(25)37-33)30(36-27)22-13-11-20(12-14-22)26-18-17-23-16-15-21-6-5-19-34-31(21)32(23)35-26/h1-19H. The molecule has 0 aliphatic heterocycles. The minimum Gasteiger partial charge on any atom is -0.254 e. The van der Waals surface area contributed by atoms with E-state index >= 15 is 0 Å². The molecule has 0 unspecified atom stereocenters. The second kappa shape index (κ2) is 7.92. The fourth-order valence-electron chi connectivity index (χ4n) is 5.30. The highest BCUT2D eigenvalue weighted by Gasteiger charge is 2.16. The van der Waals surface area contributed by atoms with Crippen molar-refractivity contribution in [2.45, 2.75) is 0 Å². The Bertz CT molecular complexity index is 2140. The molecule has 0 aliphatic carbocycles. The topological polar surface area (TPSA) is 38.7 Å². The highest BCUT2D eigenvalue weighted by molar-refractivity contribution is 7.26. The molecule has 4 aromatic carbocycles. The number of para-hydroxylation sites is 1. The van der Waals surface area contributed by atoms with Gasteiger partial charge in [-0.1, -0.05) is 84.9 Å². The molecule has 172 valence electrons. The molecule has 0 fully saturated rings. The van der Waals surface area contributed by atoms with Gasteiger partial charge in [0.2, 0.25) is 0 Å². The largest absolute Gasteiger partial charge is 0.254 e. The predicted octanol–water partition coefficient (Wildman–Crippen LogP) is 9.03. The first-order valence-electron chi connectivity index (χ1n) is 12.3. The van der Waals surface area contributed by atoms with Crippen molar-refractivity contribution in [2.24, 2.45) is 0 Å². The third-order valence-electron chi connectivity index (χ3n) is 7.10. The van der Waals surface area contributed by atoms with Crippen molar-refractivity contribution in [1.29, 1.82) is 0 Å². The molecule has 0 radical (unpaired) electrons. The second-order valence-corrected chi connectivity index (χ2v) is 10.3. The molecule has 0 saturated carbocycles. The minimum absolute atomic E-state index is 0.933. The van der Waals surface area contributed by atoms with E-state index in [0.717, 1.165) is 49.8 Å². The van der Waals surface area contributed by atoms with Crippen LogP contribution in [0.15, 0.2) is 115 Å². The zero-order valence-corrected chi connectivity index (χ0v) is 20.5. The number of fused-ring (bicyclic) bond motifs is 8. The summed E-state index contributed by atoms with van der Waals surface area (Å²) in [6, 6.07) is 38.2. The van der Waals surface area contributed by atoms with Crippen molar-refractivity contribution in [3.05, 3.63) is 115 Å². The van der Waals surface area contributed by atoms with Crippen LogP contribution in [0.1, 0.15) is 0 Å². The highest BCUT2D eigenvalue weighted by Crippen LogP contribution is 2.42. The van der Waals surface area contributed by atoms with Crippen LogP contribution in [0.2, 0.25) is 0 Å². The maximum Gasteiger partial charge on any atom is 0.0972 e.